The monoisotopic (exact) mass is 236 g/mol. The zero-order chi connectivity index (χ0) is 16.1. The molecule has 1 atom stereocenters. The van der Waals surface area contributed by atoms with Crippen molar-refractivity contribution in [2.24, 2.45) is 5.92 Å². The van der Waals surface area contributed by atoms with E-state index >= 15 is 0 Å². The number of carboxylic acids is 1. The van der Waals surface area contributed by atoms with Gasteiger partial charge in [-0.2, -0.15) is 0 Å². The lowest BCUT2D eigenvalue weighted by Gasteiger charge is -2.13. The molecule has 0 bridgehead atoms. The molecule has 0 spiro atoms. The molecule has 0 aromatic rings. The van der Waals surface area contributed by atoms with E-state index in [0.717, 1.165) is 6.92 Å². The van der Waals surface area contributed by atoms with Crippen molar-refractivity contribution in [2.45, 2.75) is 26.6 Å². The molecule has 0 aliphatic rings. The van der Waals surface area contributed by atoms with Crippen LogP contribution in [0.4, 0.5) is 0 Å². The fourth-order valence-corrected chi connectivity index (χ4v) is 0.812. The third kappa shape index (κ3) is 7.78. The Morgan fingerprint density at radius 2 is 2.00 bits per heavy atom. The lowest BCUT2D eigenvalue weighted by molar-refractivity contribution is -0.150. The summed E-state index contributed by atoms with van der Waals surface area (Å²) in [4.78, 5) is 33.1. The van der Waals surface area contributed by atoms with Gasteiger partial charge in [0, 0.05) is 15.6 Å². The molecule has 6 nitrogen and oxygen atoms in total. The van der Waals surface area contributed by atoms with Crippen LogP contribution in [0.25, 0.3) is 0 Å². The fourth-order valence-electron chi connectivity index (χ4n) is 0.812. The van der Waals surface area contributed by atoms with Crippen LogP contribution in [0.1, 0.15) is 32.1 Å². The maximum atomic E-state index is 11.4. The van der Waals surface area contributed by atoms with Crippen LogP contribution >= 0.6 is 0 Å². The molecule has 0 aliphatic carbocycles. The van der Waals surface area contributed by atoms with Crippen molar-refractivity contribution in [1.29, 1.82) is 0 Å². The molecule has 0 heterocycles. The van der Waals surface area contributed by atoms with Gasteiger partial charge < -0.3 is 14.6 Å². The Kier molecular flexibility index (Phi) is 4.10. The predicted octanol–water partition coefficient (Wildman–Crippen LogP) is 0.594. The van der Waals surface area contributed by atoms with E-state index in [1.807, 2.05) is 0 Å². The van der Waals surface area contributed by atoms with Gasteiger partial charge in [-0.3, -0.25) is 14.4 Å². The number of aliphatic carboxylic acids is 1. The Morgan fingerprint density at radius 3 is 2.44 bits per heavy atom. The summed E-state index contributed by atoms with van der Waals surface area (Å²) < 4.78 is 38.6. The molecular weight excluding hydrogens is 216 g/mol. The van der Waals surface area contributed by atoms with Gasteiger partial charge in [-0.1, -0.05) is 0 Å². The standard InChI is InChI=1S/C10H16O6/c1-3-15-10(14)5-8(4-9(12)13)6-16-7(2)11/h8H,3-6H2,1-2H3,(H,12,13)/i4D2,6D2. The van der Waals surface area contributed by atoms with Crippen LogP contribution < -0.4 is 0 Å². The number of carbonyl (C=O) groups excluding carboxylic acids is 2. The number of carboxylic acid groups (broad SMARTS) is 1. The minimum Gasteiger partial charge on any atom is -0.481 e. The SMILES string of the molecule is [2H]C([2H])(OC(C)=O)C(CC(=O)OCC)C([2H])([2H])C(=O)O. The maximum Gasteiger partial charge on any atom is 0.306 e. The van der Waals surface area contributed by atoms with Gasteiger partial charge in [-0.15, -0.1) is 0 Å². The van der Waals surface area contributed by atoms with Crippen molar-refractivity contribution in [3.05, 3.63) is 0 Å². The largest absolute Gasteiger partial charge is 0.481 e. The normalized spacial score (nSPS) is 17.1. The molecule has 0 rings (SSSR count). The van der Waals surface area contributed by atoms with Crippen molar-refractivity contribution >= 4 is 17.9 Å². The Bertz CT molecular complexity index is 395. The van der Waals surface area contributed by atoms with Crippen LogP contribution in [-0.4, -0.2) is 36.2 Å². The van der Waals surface area contributed by atoms with E-state index in [0.29, 0.717) is 0 Å². The van der Waals surface area contributed by atoms with Crippen molar-refractivity contribution in [1.82, 2.24) is 0 Å². The number of carbonyl (C=O) groups is 3. The van der Waals surface area contributed by atoms with Crippen molar-refractivity contribution in [3.8, 4) is 0 Å². The molecule has 0 saturated carbocycles. The number of hydrogen-bond donors (Lipinski definition) is 1. The van der Waals surface area contributed by atoms with Crippen LogP contribution in [0.2, 0.25) is 0 Å². The lowest BCUT2D eigenvalue weighted by atomic mass is 10.0. The first-order valence-electron chi connectivity index (χ1n) is 6.53. The van der Waals surface area contributed by atoms with Gasteiger partial charge in [0.2, 0.25) is 0 Å². The van der Waals surface area contributed by atoms with Gasteiger partial charge in [0.25, 0.3) is 0 Å². The summed E-state index contributed by atoms with van der Waals surface area (Å²) >= 11 is 0. The highest BCUT2D eigenvalue weighted by molar-refractivity contribution is 5.72. The quantitative estimate of drug-likeness (QED) is 0.651. The van der Waals surface area contributed by atoms with Gasteiger partial charge in [0.15, 0.2) is 0 Å². The van der Waals surface area contributed by atoms with E-state index in [1.165, 1.54) is 6.92 Å². The Hall–Kier alpha value is -1.59. The van der Waals surface area contributed by atoms with E-state index < -0.39 is 43.2 Å². The minimum atomic E-state index is -3.12. The molecule has 0 aromatic heterocycles. The van der Waals surface area contributed by atoms with Gasteiger partial charge >= 0.3 is 17.9 Å². The first kappa shape index (κ1) is 8.55. The van der Waals surface area contributed by atoms with Crippen molar-refractivity contribution < 1.29 is 34.4 Å². The molecule has 1 N–H and O–H groups in total. The summed E-state index contributed by atoms with van der Waals surface area (Å²) in [5.41, 5.74) is 0. The molecule has 0 saturated heterocycles. The third-order valence-electron chi connectivity index (χ3n) is 1.32. The van der Waals surface area contributed by atoms with E-state index in [2.05, 4.69) is 9.47 Å². The van der Waals surface area contributed by atoms with Crippen molar-refractivity contribution in [3.63, 3.8) is 0 Å². The Balaban J connectivity index is 5.41. The van der Waals surface area contributed by atoms with Crippen LogP contribution in [0.5, 0.6) is 0 Å². The molecule has 0 fully saturated rings. The predicted molar refractivity (Wildman–Crippen MR) is 53.6 cm³/mol. The molecule has 0 aromatic carbocycles. The molecule has 1 unspecified atom stereocenters. The average Bonchev–Trinajstić information content (AvgIpc) is 2.23. The first-order chi connectivity index (χ1) is 8.95. The second-order valence-electron chi connectivity index (χ2n) is 2.72. The maximum absolute atomic E-state index is 11.4. The summed E-state index contributed by atoms with van der Waals surface area (Å²) in [6.07, 6.45) is -4.00. The third-order valence-corrected chi connectivity index (χ3v) is 1.32. The van der Waals surface area contributed by atoms with Crippen LogP contribution in [0.3, 0.4) is 0 Å². The van der Waals surface area contributed by atoms with Gasteiger partial charge in [-0.25, -0.2) is 0 Å². The number of esters is 2. The fraction of sp³-hybridized carbons (Fsp3) is 0.700. The molecule has 92 valence electrons. The van der Waals surface area contributed by atoms with Crippen LogP contribution in [0.15, 0.2) is 0 Å². The summed E-state index contributed by atoms with van der Waals surface area (Å²) in [6.45, 7) is -0.631. The minimum absolute atomic E-state index is 0.0296. The summed E-state index contributed by atoms with van der Waals surface area (Å²) in [7, 11) is 0. The topological polar surface area (TPSA) is 89.9 Å². The zero-order valence-corrected chi connectivity index (χ0v) is 8.98. The molecule has 16 heavy (non-hydrogen) atoms. The van der Waals surface area contributed by atoms with Gasteiger partial charge in [0.1, 0.15) is 0 Å². The summed E-state index contributed by atoms with van der Waals surface area (Å²) in [5.74, 6) is -6.07. The first-order valence-corrected chi connectivity index (χ1v) is 4.53. The summed E-state index contributed by atoms with van der Waals surface area (Å²) in [6, 6.07) is 0. The second-order valence-corrected chi connectivity index (χ2v) is 2.72. The number of hydrogen-bond acceptors (Lipinski definition) is 5. The molecule has 0 aliphatic heterocycles. The molecule has 0 amide bonds. The highest BCUT2D eigenvalue weighted by Gasteiger charge is 2.19. The Morgan fingerprint density at radius 1 is 1.38 bits per heavy atom. The van der Waals surface area contributed by atoms with Crippen molar-refractivity contribution in [2.75, 3.05) is 13.2 Å². The molecular formula is C10H16O6. The smallest absolute Gasteiger partial charge is 0.306 e. The lowest BCUT2D eigenvalue weighted by Crippen LogP contribution is -2.20. The van der Waals surface area contributed by atoms with Gasteiger partial charge in [-0.05, 0) is 6.92 Å². The zero-order valence-electron chi connectivity index (χ0n) is 13.0. The Labute approximate surface area is 99.1 Å². The second kappa shape index (κ2) is 7.67. The van der Waals surface area contributed by atoms with E-state index in [9.17, 15) is 14.4 Å². The van der Waals surface area contributed by atoms with Gasteiger partial charge in [0.05, 0.1) is 28.7 Å². The number of rotatable bonds is 7. The van der Waals surface area contributed by atoms with Crippen LogP contribution in [-0.2, 0) is 23.9 Å². The van der Waals surface area contributed by atoms with E-state index in [4.69, 9.17) is 10.6 Å². The van der Waals surface area contributed by atoms with E-state index in [1.54, 1.807) is 0 Å². The molecule has 6 heteroatoms. The van der Waals surface area contributed by atoms with Crippen LogP contribution in [0, 0.1) is 5.92 Å². The van der Waals surface area contributed by atoms with E-state index in [-0.39, 0.29) is 6.61 Å². The molecule has 0 radical (unpaired) electrons. The highest BCUT2D eigenvalue weighted by Crippen LogP contribution is 2.10. The number of ether oxygens (including phenoxy) is 2. The summed E-state index contributed by atoms with van der Waals surface area (Å²) in [5, 5.41) is 8.82. The average molecular weight is 236 g/mol. The highest BCUT2D eigenvalue weighted by atomic mass is 16.5.